The van der Waals surface area contributed by atoms with E-state index >= 15 is 0 Å². The SMILES string of the molecule is CCCOc1ccc(C)cc1S(N)(=O)=O. The highest BCUT2D eigenvalue weighted by Gasteiger charge is 2.14. The Hall–Kier alpha value is -1.07. The van der Waals surface area contributed by atoms with Gasteiger partial charge in [-0.25, -0.2) is 13.6 Å². The van der Waals surface area contributed by atoms with Crippen LogP contribution in [0.15, 0.2) is 23.1 Å². The molecule has 0 aliphatic rings. The van der Waals surface area contributed by atoms with Gasteiger partial charge in [0.1, 0.15) is 10.6 Å². The summed E-state index contributed by atoms with van der Waals surface area (Å²) in [5.41, 5.74) is 0.836. The molecule has 1 aromatic carbocycles. The van der Waals surface area contributed by atoms with E-state index in [-0.39, 0.29) is 4.90 Å². The van der Waals surface area contributed by atoms with Crippen molar-refractivity contribution in [3.8, 4) is 5.75 Å². The Morgan fingerprint density at radius 3 is 2.60 bits per heavy atom. The molecule has 0 atom stereocenters. The number of ether oxygens (including phenoxy) is 1. The second kappa shape index (κ2) is 4.63. The summed E-state index contributed by atoms with van der Waals surface area (Å²) < 4.78 is 27.8. The fourth-order valence-electron chi connectivity index (χ4n) is 1.17. The number of aryl methyl sites for hydroxylation is 1. The summed E-state index contributed by atoms with van der Waals surface area (Å²) in [6.07, 6.45) is 0.817. The summed E-state index contributed by atoms with van der Waals surface area (Å²) >= 11 is 0. The Morgan fingerprint density at radius 2 is 2.07 bits per heavy atom. The van der Waals surface area contributed by atoms with Gasteiger partial charge in [0, 0.05) is 0 Å². The van der Waals surface area contributed by atoms with Crippen molar-refractivity contribution in [2.24, 2.45) is 5.14 Å². The van der Waals surface area contributed by atoms with E-state index in [1.54, 1.807) is 19.1 Å². The van der Waals surface area contributed by atoms with Gasteiger partial charge in [0.25, 0.3) is 0 Å². The number of benzene rings is 1. The van der Waals surface area contributed by atoms with E-state index < -0.39 is 10.0 Å². The third kappa shape index (κ3) is 3.21. The largest absolute Gasteiger partial charge is 0.492 e. The summed E-state index contributed by atoms with van der Waals surface area (Å²) in [5, 5.41) is 5.09. The number of rotatable bonds is 4. The molecule has 0 saturated carbocycles. The molecule has 0 spiro atoms. The molecule has 0 heterocycles. The Morgan fingerprint density at radius 1 is 1.40 bits per heavy atom. The Kier molecular flexibility index (Phi) is 3.71. The van der Waals surface area contributed by atoms with Crippen LogP contribution < -0.4 is 9.88 Å². The van der Waals surface area contributed by atoms with Crippen molar-refractivity contribution in [2.75, 3.05) is 6.61 Å². The smallest absolute Gasteiger partial charge is 0.241 e. The highest BCUT2D eigenvalue weighted by Crippen LogP contribution is 2.23. The number of sulfonamides is 1. The first-order valence-electron chi connectivity index (χ1n) is 4.71. The van der Waals surface area contributed by atoms with Gasteiger partial charge in [-0.3, -0.25) is 0 Å². The van der Waals surface area contributed by atoms with E-state index in [1.165, 1.54) is 6.07 Å². The van der Waals surface area contributed by atoms with Crippen molar-refractivity contribution in [3.05, 3.63) is 23.8 Å². The Bertz CT molecular complexity index is 440. The number of primary sulfonamides is 1. The molecule has 0 amide bonds. The summed E-state index contributed by atoms with van der Waals surface area (Å²) in [6.45, 7) is 4.23. The van der Waals surface area contributed by atoms with Crippen molar-refractivity contribution < 1.29 is 13.2 Å². The zero-order chi connectivity index (χ0) is 11.5. The molecule has 0 radical (unpaired) electrons. The molecule has 2 N–H and O–H groups in total. The van der Waals surface area contributed by atoms with Crippen LogP contribution in [0, 0.1) is 6.92 Å². The Balaban J connectivity index is 3.15. The molecule has 4 nitrogen and oxygen atoms in total. The lowest BCUT2D eigenvalue weighted by Crippen LogP contribution is -2.14. The van der Waals surface area contributed by atoms with E-state index in [0.717, 1.165) is 12.0 Å². The second-order valence-corrected chi connectivity index (χ2v) is 4.87. The predicted octanol–water partition coefficient (Wildman–Crippen LogP) is 1.43. The van der Waals surface area contributed by atoms with Crippen LogP contribution in [0.4, 0.5) is 0 Å². The molecule has 0 saturated heterocycles. The van der Waals surface area contributed by atoms with Gasteiger partial charge >= 0.3 is 0 Å². The average molecular weight is 229 g/mol. The maximum atomic E-state index is 11.3. The zero-order valence-electron chi connectivity index (χ0n) is 8.86. The van der Waals surface area contributed by atoms with Crippen LogP contribution in [0.5, 0.6) is 5.75 Å². The Labute approximate surface area is 90.1 Å². The lowest BCUT2D eigenvalue weighted by Gasteiger charge is -2.09. The number of nitrogens with two attached hydrogens (primary N) is 1. The molecule has 1 rings (SSSR count). The van der Waals surface area contributed by atoms with Crippen LogP contribution in [0.2, 0.25) is 0 Å². The fourth-order valence-corrected chi connectivity index (χ4v) is 1.93. The second-order valence-electron chi connectivity index (χ2n) is 3.34. The highest BCUT2D eigenvalue weighted by atomic mass is 32.2. The van der Waals surface area contributed by atoms with Gasteiger partial charge in [-0.15, -0.1) is 0 Å². The van der Waals surface area contributed by atoms with Crippen LogP contribution in [0.1, 0.15) is 18.9 Å². The lowest BCUT2D eigenvalue weighted by atomic mass is 10.2. The molecule has 0 fully saturated rings. The fraction of sp³-hybridized carbons (Fsp3) is 0.400. The van der Waals surface area contributed by atoms with Crippen LogP contribution in [0.3, 0.4) is 0 Å². The zero-order valence-corrected chi connectivity index (χ0v) is 9.67. The van der Waals surface area contributed by atoms with Gasteiger partial charge in [-0.1, -0.05) is 13.0 Å². The van der Waals surface area contributed by atoms with E-state index in [9.17, 15) is 8.42 Å². The molecular formula is C10H15NO3S. The molecule has 0 aromatic heterocycles. The highest BCUT2D eigenvalue weighted by molar-refractivity contribution is 7.89. The maximum Gasteiger partial charge on any atom is 0.241 e. The molecule has 0 unspecified atom stereocenters. The summed E-state index contributed by atoms with van der Waals surface area (Å²) in [6, 6.07) is 4.94. The summed E-state index contributed by atoms with van der Waals surface area (Å²) in [5.74, 6) is 0.324. The van der Waals surface area contributed by atoms with Crippen molar-refractivity contribution in [2.45, 2.75) is 25.2 Å². The summed E-state index contributed by atoms with van der Waals surface area (Å²) in [4.78, 5) is 0.0518. The van der Waals surface area contributed by atoms with Gasteiger partial charge in [0.2, 0.25) is 10.0 Å². The van der Waals surface area contributed by atoms with Crippen LogP contribution in [-0.2, 0) is 10.0 Å². The van der Waals surface area contributed by atoms with Gasteiger partial charge in [-0.05, 0) is 31.0 Å². The molecular weight excluding hydrogens is 214 g/mol. The van der Waals surface area contributed by atoms with Gasteiger partial charge in [0.05, 0.1) is 6.61 Å². The molecule has 0 aliphatic heterocycles. The maximum absolute atomic E-state index is 11.3. The van der Waals surface area contributed by atoms with Crippen LogP contribution in [0.25, 0.3) is 0 Å². The molecule has 15 heavy (non-hydrogen) atoms. The van der Waals surface area contributed by atoms with Crippen molar-refractivity contribution in [1.29, 1.82) is 0 Å². The van der Waals surface area contributed by atoms with E-state index in [0.29, 0.717) is 12.4 Å². The third-order valence-corrected chi connectivity index (χ3v) is 2.80. The van der Waals surface area contributed by atoms with Crippen molar-refractivity contribution in [1.82, 2.24) is 0 Å². The molecule has 0 aliphatic carbocycles. The third-order valence-electron chi connectivity index (χ3n) is 1.87. The number of hydrogen-bond donors (Lipinski definition) is 1. The van der Waals surface area contributed by atoms with Crippen molar-refractivity contribution in [3.63, 3.8) is 0 Å². The standard InChI is InChI=1S/C10H15NO3S/c1-3-6-14-9-5-4-8(2)7-10(9)15(11,12)13/h4-5,7H,3,6H2,1-2H3,(H2,11,12,13). The predicted molar refractivity (Wildman–Crippen MR) is 58.3 cm³/mol. The quantitative estimate of drug-likeness (QED) is 0.849. The number of hydrogen-bond acceptors (Lipinski definition) is 3. The van der Waals surface area contributed by atoms with Crippen LogP contribution in [-0.4, -0.2) is 15.0 Å². The normalized spacial score (nSPS) is 11.4. The van der Waals surface area contributed by atoms with E-state index in [4.69, 9.17) is 9.88 Å². The molecule has 84 valence electrons. The minimum Gasteiger partial charge on any atom is -0.492 e. The minimum absolute atomic E-state index is 0.0518. The van der Waals surface area contributed by atoms with E-state index in [1.807, 2.05) is 6.92 Å². The van der Waals surface area contributed by atoms with Crippen molar-refractivity contribution >= 4 is 10.0 Å². The monoisotopic (exact) mass is 229 g/mol. The minimum atomic E-state index is -3.71. The lowest BCUT2D eigenvalue weighted by molar-refractivity contribution is 0.309. The molecule has 5 heteroatoms. The molecule has 0 bridgehead atoms. The topological polar surface area (TPSA) is 69.4 Å². The van der Waals surface area contributed by atoms with E-state index in [2.05, 4.69) is 0 Å². The first kappa shape index (κ1) is 12.0. The first-order valence-corrected chi connectivity index (χ1v) is 6.26. The van der Waals surface area contributed by atoms with Crippen LogP contribution >= 0.6 is 0 Å². The average Bonchev–Trinajstić information content (AvgIpc) is 2.14. The van der Waals surface area contributed by atoms with Gasteiger partial charge < -0.3 is 4.74 Å². The van der Waals surface area contributed by atoms with Gasteiger partial charge in [-0.2, -0.15) is 0 Å². The molecule has 1 aromatic rings. The summed E-state index contributed by atoms with van der Waals surface area (Å²) in [7, 11) is -3.71. The first-order chi connectivity index (χ1) is 6.95. The van der Waals surface area contributed by atoms with Gasteiger partial charge in [0.15, 0.2) is 0 Å².